The molecule has 3 N–H and O–H groups in total. The third-order valence-electron chi connectivity index (χ3n) is 4.22. The molecular formula is C13H12F4N3O3S+. The van der Waals surface area contributed by atoms with Gasteiger partial charge in [-0.05, 0) is 17.8 Å². The quantitative estimate of drug-likeness (QED) is 0.456. The van der Waals surface area contributed by atoms with Crippen LogP contribution in [0.4, 0.5) is 23.2 Å². The van der Waals surface area contributed by atoms with E-state index < -0.39 is 46.8 Å². The Morgan fingerprint density at radius 3 is 2.79 bits per heavy atom. The van der Waals surface area contributed by atoms with E-state index in [-0.39, 0.29) is 16.5 Å². The standard InChI is InChI=1S/C13H11F4N3O3S/c14-9-2-1-6(20(21)22)3-7(9)12-5-23-10(13(15,16)17)8(12)4-24-11(18)19-12/h1-3,8,10H,4-5H2,(H2,18,19)/p+1. The lowest BCUT2D eigenvalue weighted by Gasteiger charge is -2.33. The number of hydrogen-bond acceptors (Lipinski definition) is 5. The number of non-ortho nitro benzene ring substituents is 1. The smallest absolute Gasteiger partial charge is 0.363 e. The summed E-state index contributed by atoms with van der Waals surface area (Å²) in [4.78, 5) is 12.9. The number of halogens is 4. The van der Waals surface area contributed by atoms with Crippen molar-refractivity contribution in [3.63, 3.8) is 0 Å². The Morgan fingerprint density at radius 1 is 1.46 bits per heavy atom. The maximum atomic E-state index is 14.3. The summed E-state index contributed by atoms with van der Waals surface area (Å²) >= 11 is 0.971. The highest BCUT2D eigenvalue weighted by Crippen LogP contribution is 2.46. The molecule has 11 heteroatoms. The highest BCUT2D eigenvalue weighted by atomic mass is 32.2. The number of nitro groups is 1. The average Bonchev–Trinajstić information content (AvgIpc) is 2.86. The van der Waals surface area contributed by atoms with Crippen LogP contribution in [0.1, 0.15) is 5.56 Å². The van der Waals surface area contributed by atoms with Gasteiger partial charge in [0.15, 0.2) is 11.6 Å². The maximum Gasteiger partial charge on any atom is 0.415 e. The normalized spacial score (nSPS) is 29.9. The van der Waals surface area contributed by atoms with Crippen molar-refractivity contribution in [2.75, 3.05) is 12.4 Å². The van der Waals surface area contributed by atoms with Gasteiger partial charge in [0.05, 0.1) is 17.4 Å². The molecule has 2 aliphatic rings. The first-order valence-electron chi connectivity index (χ1n) is 6.81. The zero-order chi connectivity index (χ0) is 17.7. The number of ether oxygens (including phenoxy) is 1. The molecule has 0 aliphatic carbocycles. The molecule has 2 aliphatic heterocycles. The molecule has 130 valence electrons. The van der Waals surface area contributed by atoms with Gasteiger partial charge in [0.1, 0.15) is 5.82 Å². The lowest BCUT2D eigenvalue weighted by molar-refractivity contribution is -0.571. The van der Waals surface area contributed by atoms with Crippen LogP contribution >= 0.6 is 11.8 Å². The van der Waals surface area contributed by atoms with Crippen molar-refractivity contribution in [1.29, 1.82) is 0 Å². The maximum absolute atomic E-state index is 14.3. The van der Waals surface area contributed by atoms with Crippen molar-refractivity contribution in [1.82, 2.24) is 0 Å². The van der Waals surface area contributed by atoms with E-state index in [1.54, 1.807) is 0 Å². The van der Waals surface area contributed by atoms with Gasteiger partial charge >= 0.3 is 11.3 Å². The van der Waals surface area contributed by atoms with Crippen LogP contribution in [0.5, 0.6) is 0 Å². The minimum Gasteiger partial charge on any atom is -0.363 e. The number of thioether (sulfide) groups is 1. The SMILES string of the molecule is NC1=[NH+]C2(c3cc([N+](=O)[O-])ccc3F)COC(C(F)(F)F)C2CS1. The summed E-state index contributed by atoms with van der Waals surface area (Å²) in [6, 6.07) is 2.74. The number of nitrogens with two attached hydrogens (primary N) is 1. The molecular weight excluding hydrogens is 354 g/mol. The highest BCUT2D eigenvalue weighted by Gasteiger charge is 2.63. The molecule has 2 heterocycles. The fraction of sp³-hybridized carbons (Fsp3) is 0.462. The summed E-state index contributed by atoms with van der Waals surface area (Å²) in [6.45, 7) is -0.499. The number of nitrogens with zero attached hydrogens (tertiary/aromatic N) is 1. The van der Waals surface area contributed by atoms with Gasteiger partial charge in [0.2, 0.25) is 0 Å². The predicted molar refractivity (Wildman–Crippen MR) is 76.6 cm³/mol. The second-order valence-electron chi connectivity index (χ2n) is 5.57. The molecule has 3 unspecified atom stereocenters. The second kappa shape index (κ2) is 5.59. The second-order valence-corrected chi connectivity index (χ2v) is 6.63. The Hall–Kier alpha value is -1.88. The topological polar surface area (TPSA) is 92.4 Å². The molecule has 1 fully saturated rings. The van der Waals surface area contributed by atoms with Crippen molar-refractivity contribution >= 4 is 22.6 Å². The molecule has 0 amide bonds. The van der Waals surface area contributed by atoms with Crippen molar-refractivity contribution in [3.05, 3.63) is 39.7 Å². The van der Waals surface area contributed by atoms with E-state index in [9.17, 15) is 27.7 Å². The molecule has 0 radical (unpaired) electrons. The first kappa shape index (κ1) is 17.0. The van der Waals surface area contributed by atoms with E-state index in [0.29, 0.717) is 0 Å². The Bertz CT molecular complexity index is 727. The van der Waals surface area contributed by atoms with E-state index in [1.807, 2.05) is 0 Å². The first-order chi connectivity index (χ1) is 11.1. The van der Waals surface area contributed by atoms with Gasteiger partial charge in [-0.3, -0.25) is 20.8 Å². The zero-order valence-electron chi connectivity index (χ0n) is 12.0. The van der Waals surface area contributed by atoms with Crippen LogP contribution in [0, 0.1) is 21.8 Å². The van der Waals surface area contributed by atoms with E-state index in [1.165, 1.54) is 0 Å². The summed E-state index contributed by atoms with van der Waals surface area (Å²) in [5.74, 6) is -2.08. The fourth-order valence-electron chi connectivity index (χ4n) is 3.13. The minimum absolute atomic E-state index is 0.0505. The van der Waals surface area contributed by atoms with Crippen LogP contribution in [0.2, 0.25) is 0 Å². The van der Waals surface area contributed by atoms with Gasteiger partial charge < -0.3 is 4.74 Å². The molecule has 6 nitrogen and oxygen atoms in total. The number of alkyl halides is 3. The minimum atomic E-state index is -4.64. The number of nitrogens with one attached hydrogen (secondary N) is 1. The van der Waals surface area contributed by atoms with Gasteiger partial charge in [-0.2, -0.15) is 13.2 Å². The molecule has 0 bridgehead atoms. The molecule has 3 rings (SSSR count). The number of benzene rings is 1. The summed E-state index contributed by atoms with van der Waals surface area (Å²) in [7, 11) is 0. The predicted octanol–water partition coefficient (Wildman–Crippen LogP) is 0.649. The zero-order valence-corrected chi connectivity index (χ0v) is 12.8. The van der Waals surface area contributed by atoms with Crippen molar-refractivity contribution in [2.45, 2.75) is 17.8 Å². The molecule has 1 aromatic rings. The lowest BCUT2D eigenvalue weighted by Crippen LogP contribution is -2.91. The third-order valence-corrected chi connectivity index (χ3v) is 5.16. The summed E-state index contributed by atoms with van der Waals surface area (Å²) in [5.41, 5.74) is 3.41. The van der Waals surface area contributed by atoms with Crippen LogP contribution < -0.4 is 10.7 Å². The number of amidine groups is 1. The van der Waals surface area contributed by atoms with Gasteiger partial charge in [-0.15, -0.1) is 0 Å². The summed E-state index contributed by atoms with van der Waals surface area (Å²) in [5, 5.41) is 11.1. The van der Waals surface area contributed by atoms with Crippen LogP contribution in [0.3, 0.4) is 0 Å². The Kier molecular flexibility index (Phi) is 3.95. The van der Waals surface area contributed by atoms with Gasteiger partial charge in [0.25, 0.3) is 5.69 Å². The Morgan fingerprint density at radius 2 is 2.17 bits per heavy atom. The van der Waals surface area contributed by atoms with Gasteiger partial charge in [-0.1, -0.05) is 0 Å². The van der Waals surface area contributed by atoms with Crippen LogP contribution in [0.25, 0.3) is 0 Å². The Balaban J connectivity index is 2.17. The highest BCUT2D eigenvalue weighted by molar-refractivity contribution is 8.13. The van der Waals surface area contributed by atoms with Crippen LogP contribution in [-0.2, 0) is 10.3 Å². The van der Waals surface area contributed by atoms with Crippen LogP contribution in [-0.4, -0.2) is 34.7 Å². The molecule has 24 heavy (non-hydrogen) atoms. The molecule has 0 saturated carbocycles. The van der Waals surface area contributed by atoms with Crippen molar-refractivity contribution in [2.24, 2.45) is 11.7 Å². The Labute approximate surface area is 137 Å². The van der Waals surface area contributed by atoms with Gasteiger partial charge in [0, 0.05) is 23.4 Å². The third kappa shape index (κ3) is 2.61. The molecule has 1 aromatic carbocycles. The number of nitro benzene ring substituents is 1. The average molecular weight is 366 g/mol. The monoisotopic (exact) mass is 366 g/mol. The van der Waals surface area contributed by atoms with E-state index in [2.05, 4.69) is 4.99 Å². The fourth-order valence-corrected chi connectivity index (χ4v) is 4.21. The number of fused-ring (bicyclic) bond motifs is 1. The lowest BCUT2D eigenvalue weighted by atomic mass is 9.78. The number of rotatable bonds is 2. The van der Waals surface area contributed by atoms with Crippen molar-refractivity contribution in [3.8, 4) is 0 Å². The first-order valence-corrected chi connectivity index (χ1v) is 7.80. The van der Waals surface area contributed by atoms with E-state index in [4.69, 9.17) is 10.5 Å². The molecule has 0 aromatic heterocycles. The van der Waals surface area contributed by atoms with Crippen LogP contribution in [0.15, 0.2) is 18.2 Å². The van der Waals surface area contributed by atoms with E-state index in [0.717, 1.165) is 30.0 Å². The number of hydrogen-bond donors (Lipinski definition) is 2. The molecule has 1 saturated heterocycles. The molecule has 0 spiro atoms. The molecule has 3 atom stereocenters. The van der Waals surface area contributed by atoms with Gasteiger partial charge in [-0.25, -0.2) is 4.39 Å². The summed E-state index contributed by atoms with van der Waals surface area (Å²) in [6.07, 6.45) is -6.75. The largest absolute Gasteiger partial charge is 0.415 e. The summed E-state index contributed by atoms with van der Waals surface area (Å²) < 4.78 is 58.9. The van der Waals surface area contributed by atoms with Crippen molar-refractivity contribution < 1.29 is 32.2 Å². The van der Waals surface area contributed by atoms with E-state index >= 15 is 0 Å².